The molecule has 0 saturated carbocycles. The number of likely N-dealkylation sites (N-methyl/N-ethyl adjacent to an activating group) is 1. The molecular weight excluding hydrogens is 378 g/mol. The molecule has 0 aliphatic carbocycles. The minimum absolute atomic E-state index is 0.0931. The molecule has 1 fully saturated rings. The van der Waals surface area contributed by atoms with E-state index in [0.717, 1.165) is 24.8 Å². The number of piperazine rings is 1. The van der Waals surface area contributed by atoms with Crippen LogP contribution >= 0.6 is 0 Å². The average molecular weight is 408 g/mol. The van der Waals surface area contributed by atoms with Gasteiger partial charge in [-0.15, -0.1) is 0 Å². The summed E-state index contributed by atoms with van der Waals surface area (Å²) >= 11 is 0. The van der Waals surface area contributed by atoms with Crippen molar-refractivity contribution in [1.29, 1.82) is 0 Å². The lowest BCUT2D eigenvalue weighted by Crippen LogP contribution is -2.56. The van der Waals surface area contributed by atoms with Crippen molar-refractivity contribution in [3.8, 4) is 0 Å². The number of hydrogen-bond acceptors (Lipinski definition) is 3. The van der Waals surface area contributed by atoms with Gasteiger partial charge in [0.25, 0.3) is 0 Å². The third kappa shape index (κ3) is 5.69. The Morgan fingerprint density at radius 1 is 0.933 bits per heavy atom. The molecule has 1 saturated heterocycles. The number of aryl methyl sites for hydroxylation is 1. The average Bonchev–Trinajstić information content (AvgIpc) is 2.78. The fourth-order valence-corrected chi connectivity index (χ4v) is 3.74. The first-order chi connectivity index (χ1) is 14.6. The van der Waals surface area contributed by atoms with E-state index in [9.17, 15) is 14.4 Å². The summed E-state index contributed by atoms with van der Waals surface area (Å²) in [6, 6.07) is 20.0. The minimum atomic E-state index is -0.599. The molecule has 2 aromatic carbocycles. The minimum Gasteiger partial charge on any atom is -0.348 e. The Kier molecular flexibility index (Phi) is 7.60. The lowest BCUT2D eigenvalue weighted by molar-refractivity contribution is -0.156. The summed E-state index contributed by atoms with van der Waals surface area (Å²) in [6.07, 6.45) is 2.66. The zero-order valence-corrected chi connectivity index (χ0v) is 17.4. The van der Waals surface area contributed by atoms with Gasteiger partial charge in [-0.05, 0) is 37.3 Å². The zero-order chi connectivity index (χ0) is 21.3. The second-order valence-corrected chi connectivity index (χ2v) is 7.52. The van der Waals surface area contributed by atoms with Crippen molar-refractivity contribution in [3.05, 3.63) is 71.8 Å². The lowest BCUT2D eigenvalue weighted by atomic mass is 9.99. The molecule has 0 aromatic heterocycles. The van der Waals surface area contributed by atoms with E-state index < -0.39 is 11.8 Å². The van der Waals surface area contributed by atoms with Crippen molar-refractivity contribution < 1.29 is 14.4 Å². The van der Waals surface area contributed by atoms with Gasteiger partial charge in [-0.1, -0.05) is 60.7 Å². The van der Waals surface area contributed by atoms with Gasteiger partial charge in [0.1, 0.15) is 6.54 Å². The molecule has 3 rings (SSSR count). The number of carbonyl (C=O) groups excluding carboxylic acids is 3. The van der Waals surface area contributed by atoms with E-state index in [1.165, 1.54) is 15.4 Å². The topological polar surface area (TPSA) is 69.7 Å². The third-order valence-electron chi connectivity index (χ3n) is 5.45. The number of carbonyl (C=O) groups is 3. The Hall–Kier alpha value is -3.15. The molecule has 158 valence electrons. The normalized spacial score (nSPS) is 15.2. The fraction of sp³-hybridized carbons (Fsp3) is 0.375. The van der Waals surface area contributed by atoms with Crippen molar-refractivity contribution in [2.45, 2.75) is 32.2 Å². The van der Waals surface area contributed by atoms with E-state index >= 15 is 0 Å². The van der Waals surface area contributed by atoms with Gasteiger partial charge in [0.15, 0.2) is 0 Å². The number of amides is 3. The van der Waals surface area contributed by atoms with E-state index in [2.05, 4.69) is 17.4 Å². The smallest absolute Gasteiger partial charge is 0.312 e. The van der Waals surface area contributed by atoms with E-state index in [1.807, 2.05) is 55.5 Å². The van der Waals surface area contributed by atoms with Crippen molar-refractivity contribution in [1.82, 2.24) is 15.1 Å². The van der Waals surface area contributed by atoms with E-state index in [4.69, 9.17) is 0 Å². The highest BCUT2D eigenvalue weighted by Gasteiger charge is 2.32. The number of benzene rings is 2. The highest BCUT2D eigenvalue weighted by Crippen LogP contribution is 2.20. The molecule has 0 radical (unpaired) electrons. The van der Waals surface area contributed by atoms with Crippen LogP contribution in [0, 0.1) is 0 Å². The van der Waals surface area contributed by atoms with Gasteiger partial charge in [-0.2, -0.15) is 0 Å². The Bertz CT molecular complexity index is 855. The van der Waals surface area contributed by atoms with Crippen LogP contribution in [-0.4, -0.2) is 53.7 Å². The van der Waals surface area contributed by atoms with Crippen LogP contribution in [0.15, 0.2) is 60.7 Å². The van der Waals surface area contributed by atoms with Gasteiger partial charge in [0, 0.05) is 19.6 Å². The maximum atomic E-state index is 12.7. The molecule has 2 aromatic rings. The first kappa shape index (κ1) is 21.6. The van der Waals surface area contributed by atoms with E-state index in [1.54, 1.807) is 0 Å². The summed E-state index contributed by atoms with van der Waals surface area (Å²) < 4.78 is 0. The molecule has 1 N–H and O–H groups in total. The number of rotatable bonds is 9. The standard InChI is InChI=1S/C24H29N3O3/c1-2-26-16-17-27(24(30)23(26)29)18-22(28)25-21(20-13-7-4-8-14-20)15-9-12-19-10-5-3-6-11-19/h3-8,10-11,13-14,21H,2,9,12,15-18H2,1H3,(H,25,28). The van der Waals surface area contributed by atoms with E-state index in [0.29, 0.717) is 19.6 Å². The van der Waals surface area contributed by atoms with Crippen LogP contribution in [0.4, 0.5) is 0 Å². The summed E-state index contributed by atoms with van der Waals surface area (Å²) in [6.45, 7) is 3.10. The number of hydrogen-bond donors (Lipinski definition) is 1. The first-order valence-corrected chi connectivity index (χ1v) is 10.5. The second-order valence-electron chi connectivity index (χ2n) is 7.52. The predicted molar refractivity (Wildman–Crippen MR) is 116 cm³/mol. The summed E-state index contributed by atoms with van der Waals surface area (Å²) in [4.78, 5) is 39.9. The van der Waals surface area contributed by atoms with Crippen molar-refractivity contribution in [2.24, 2.45) is 0 Å². The van der Waals surface area contributed by atoms with Gasteiger partial charge in [0.05, 0.1) is 6.04 Å². The maximum absolute atomic E-state index is 12.7. The first-order valence-electron chi connectivity index (χ1n) is 10.5. The molecule has 3 amide bonds. The quantitative estimate of drug-likeness (QED) is 0.650. The van der Waals surface area contributed by atoms with Gasteiger partial charge in [0.2, 0.25) is 5.91 Å². The number of nitrogens with zero attached hydrogens (tertiary/aromatic N) is 2. The molecule has 1 aliphatic rings. The Balaban J connectivity index is 1.59. The Morgan fingerprint density at radius 3 is 2.20 bits per heavy atom. The lowest BCUT2D eigenvalue weighted by Gasteiger charge is -2.33. The van der Waals surface area contributed by atoms with Crippen molar-refractivity contribution in [2.75, 3.05) is 26.2 Å². The van der Waals surface area contributed by atoms with Crippen LogP contribution in [0.2, 0.25) is 0 Å². The van der Waals surface area contributed by atoms with Crippen LogP contribution in [0.3, 0.4) is 0 Å². The van der Waals surface area contributed by atoms with Gasteiger partial charge < -0.3 is 15.1 Å². The monoisotopic (exact) mass is 407 g/mol. The van der Waals surface area contributed by atoms with Crippen LogP contribution in [0.1, 0.15) is 36.9 Å². The zero-order valence-electron chi connectivity index (χ0n) is 17.4. The highest BCUT2D eigenvalue weighted by atomic mass is 16.2. The van der Waals surface area contributed by atoms with Gasteiger partial charge in [-0.25, -0.2) is 0 Å². The largest absolute Gasteiger partial charge is 0.348 e. The fourth-order valence-electron chi connectivity index (χ4n) is 3.74. The SMILES string of the molecule is CCN1CCN(CC(=O)NC(CCCc2ccccc2)c2ccccc2)C(=O)C1=O. The maximum Gasteiger partial charge on any atom is 0.312 e. The summed E-state index contributed by atoms with van der Waals surface area (Å²) in [5.74, 6) is -1.37. The van der Waals surface area contributed by atoms with Gasteiger partial charge in [-0.3, -0.25) is 14.4 Å². The molecule has 30 heavy (non-hydrogen) atoms. The molecule has 6 heteroatoms. The predicted octanol–water partition coefficient (Wildman–Crippen LogP) is 2.56. The molecule has 0 bridgehead atoms. The highest BCUT2D eigenvalue weighted by molar-refractivity contribution is 6.35. The van der Waals surface area contributed by atoms with E-state index in [-0.39, 0.29) is 18.5 Å². The summed E-state index contributed by atoms with van der Waals surface area (Å²) in [7, 11) is 0. The molecular formula is C24H29N3O3. The van der Waals surface area contributed by atoms with Crippen molar-refractivity contribution >= 4 is 17.7 Å². The van der Waals surface area contributed by atoms with Crippen LogP contribution in [0.25, 0.3) is 0 Å². The molecule has 1 atom stereocenters. The Morgan fingerprint density at radius 2 is 1.53 bits per heavy atom. The molecule has 1 unspecified atom stereocenters. The second kappa shape index (κ2) is 10.6. The third-order valence-corrected chi connectivity index (χ3v) is 5.45. The molecule has 6 nitrogen and oxygen atoms in total. The van der Waals surface area contributed by atoms with Crippen LogP contribution in [0.5, 0.6) is 0 Å². The number of nitrogens with one attached hydrogen (secondary N) is 1. The van der Waals surface area contributed by atoms with Gasteiger partial charge >= 0.3 is 11.8 Å². The Labute approximate surface area is 177 Å². The summed E-state index contributed by atoms with van der Waals surface area (Å²) in [5.41, 5.74) is 2.31. The molecule has 1 aliphatic heterocycles. The van der Waals surface area contributed by atoms with Crippen LogP contribution in [-0.2, 0) is 20.8 Å². The van der Waals surface area contributed by atoms with Crippen molar-refractivity contribution in [3.63, 3.8) is 0 Å². The molecule has 0 spiro atoms. The summed E-state index contributed by atoms with van der Waals surface area (Å²) in [5, 5.41) is 3.07. The van der Waals surface area contributed by atoms with Crippen LogP contribution < -0.4 is 5.32 Å². The molecule has 1 heterocycles.